The summed E-state index contributed by atoms with van der Waals surface area (Å²) < 4.78 is 0. The molecule has 0 bridgehead atoms. The molecule has 0 unspecified atom stereocenters. The fourth-order valence-corrected chi connectivity index (χ4v) is 1.29. The molecule has 0 N–H and O–H groups in total. The van der Waals surface area contributed by atoms with Gasteiger partial charge in [0.05, 0.1) is 0 Å². The first kappa shape index (κ1) is 18.5. The summed E-state index contributed by atoms with van der Waals surface area (Å²) in [6.07, 6.45) is 2.17. The molecule has 0 spiro atoms. The van der Waals surface area contributed by atoms with Gasteiger partial charge in [-0.1, -0.05) is 36.4 Å². The van der Waals surface area contributed by atoms with E-state index in [1.54, 1.807) is 0 Å². The third-order valence-corrected chi connectivity index (χ3v) is 1.93. The first-order chi connectivity index (χ1) is 6.45. The van der Waals surface area contributed by atoms with Crippen LogP contribution in [-0.2, 0) is 26.2 Å². The van der Waals surface area contributed by atoms with Crippen molar-refractivity contribution in [2.45, 2.75) is 0 Å². The number of hydrogen-bond donors (Lipinski definition) is 0. The average molecular weight is 420 g/mol. The van der Waals surface area contributed by atoms with Crippen molar-refractivity contribution in [3.63, 3.8) is 0 Å². The molecule has 0 nitrogen and oxygen atoms in total. The zero-order valence-electron chi connectivity index (χ0n) is 8.67. The van der Waals surface area contributed by atoms with E-state index >= 15 is 0 Å². The Labute approximate surface area is 137 Å². The quantitative estimate of drug-likeness (QED) is 0.631. The van der Waals surface area contributed by atoms with Crippen molar-refractivity contribution in [2.24, 2.45) is 0 Å². The summed E-state index contributed by atoms with van der Waals surface area (Å²) >= 11 is 0. The number of rotatable bonds is 2. The Kier molecular flexibility index (Phi) is 11.9. The SMILES string of the molecule is Br.Br.[Zr].c1ccc([CH-]c2ccccc2)cc1. The Morgan fingerprint density at radius 3 is 1.19 bits per heavy atom. The number of halogens is 2. The summed E-state index contributed by atoms with van der Waals surface area (Å²) in [4.78, 5) is 0. The topological polar surface area (TPSA) is 0 Å². The Morgan fingerprint density at radius 2 is 0.875 bits per heavy atom. The normalized spacial score (nSPS) is 7.75. The third-order valence-electron chi connectivity index (χ3n) is 1.93. The van der Waals surface area contributed by atoms with Crippen LogP contribution in [0, 0.1) is 6.42 Å². The van der Waals surface area contributed by atoms with Crippen LogP contribution in [0.25, 0.3) is 0 Å². The van der Waals surface area contributed by atoms with Crippen LogP contribution in [0.1, 0.15) is 11.1 Å². The van der Waals surface area contributed by atoms with Crippen molar-refractivity contribution in [3.8, 4) is 0 Å². The molecule has 2 aromatic rings. The fourth-order valence-electron chi connectivity index (χ4n) is 1.29. The molecule has 2 aromatic carbocycles. The van der Waals surface area contributed by atoms with Crippen LogP contribution >= 0.6 is 34.0 Å². The molecule has 0 atom stereocenters. The molecule has 0 radical (unpaired) electrons. The molecule has 84 valence electrons. The fraction of sp³-hybridized carbons (Fsp3) is 0. The summed E-state index contributed by atoms with van der Waals surface area (Å²) in [6, 6.07) is 20.7. The maximum atomic E-state index is 2.17. The molecule has 3 heteroatoms. The van der Waals surface area contributed by atoms with Gasteiger partial charge in [0.2, 0.25) is 0 Å². The maximum absolute atomic E-state index is 2.17. The Hall–Kier alpha value is 0.153. The first-order valence-corrected chi connectivity index (χ1v) is 4.40. The van der Waals surface area contributed by atoms with E-state index in [0.29, 0.717) is 0 Å². The monoisotopic (exact) mass is 417 g/mol. The Balaban J connectivity index is 0. The van der Waals surface area contributed by atoms with Crippen LogP contribution in [0.3, 0.4) is 0 Å². The second-order valence-corrected chi connectivity index (χ2v) is 2.97. The van der Waals surface area contributed by atoms with Crippen molar-refractivity contribution in [3.05, 3.63) is 78.2 Å². The van der Waals surface area contributed by atoms with E-state index in [4.69, 9.17) is 0 Å². The smallest absolute Gasteiger partial charge is 0 e. The molecule has 0 saturated heterocycles. The summed E-state index contributed by atoms with van der Waals surface area (Å²) in [5, 5.41) is 0. The van der Waals surface area contributed by atoms with E-state index < -0.39 is 0 Å². The largest absolute Gasteiger partial charge is 0.126 e. The van der Waals surface area contributed by atoms with Gasteiger partial charge in [-0.25, -0.2) is 0 Å². The van der Waals surface area contributed by atoms with Crippen molar-refractivity contribution in [2.75, 3.05) is 0 Å². The van der Waals surface area contributed by atoms with Crippen molar-refractivity contribution in [1.29, 1.82) is 0 Å². The van der Waals surface area contributed by atoms with Gasteiger partial charge in [0.25, 0.3) is 0 Å². The van der Waals surface area contributed by atoms with Gasteiger partial charge in [-0.2, -0.15) is 0 Å². The van der Waals surface area contributed by atoms with Gasteiger partial charge < -0.3 is 0 Å². The van der Waals surface area contributed by atoms with Gasteiger partial charge in [-0.05, 0) is 0 Å². The van der Waals surface area contributed by atoms with Gasteiger partial charge in [-0.15, -0.1) is 75.8 Å². The minimum atomic E-state index is 0. The predicted molar refractivity (Wildman–Crippen MR) is 76.0 cm³/mol. The minimum Gasteiger partial charge on any atom is -0.126 e. The second-order valence-electron chi connectivity index (χ2n) is 2.97. The molecule has 0 aliphatic carbocycles. The van der Waals surface area contributed by atoms with Crippen LogP contribution in [0.15, 0.2) is 60.7 Å². The molecule has 0 amide bonds. The molecule has 0 aliphatic rings. The van der Waals surface area contributed by atoms with Gasteiger partial charge in [-0.3, -0.25) is 0 Å². The van der Waals surface area contributed by atoms with Crippen LogP contribution in [-0.4, -0.2) is 0 Å². The van der Waals surface area contributed by atoms with E-state index in [1.165, 1.54) is 11.1 Å². The standard InChI is InChI=1S/C13H11.2BrH.Zr/c1-3-7-12(8-4-1)11-13-9-5-2-6-10-13;;;/h1-11H;2*1H;/q-1;;;. The molecule has 16 heavy (non-hydrogen) atoms. The molecule has 0 saturated carbocycles. The Morgan fingerprint density at radius 1 is 0.562 bits per heavy atom. The summed E-state index contributed by atoms with van der Waals surface area (Å²) in [7, 11) is 0. The maximum Gasteiger partial charge on any atom is 0 e. The van der Waals surface area contributed by atoms with E-state index in [0.717, 1.165) is 0 Å². The molecular weight excluding hydrogens is 407 g/mol. The molecular formula is C13H13Br2Zr-. The molecule has 2 rings (SSSR count). The molecule has 0 aliphatic heterocycles. The van der Waals surface area contributed by atoms with Crippen LogP contribution in [0.5, 0.6) is 0 Å². The van der Waals surface area contributed by atoms with Crippen LogP contribution in [0.2, 0.25) is 0 Å². The zero-order valence-corrected chi connectivity index (χ0v) is 14.6. The van der Waals surface area contributed by atoms with Gasteiger partial charge in [0, 0.05) is 26.2 Å². The molecule has 0 heterocycles. The van der Waals surface area contributed by atoms with E-state index in [9.17, 15) is 0 Å². The minimum absolute atomic E-state index is 0. The number of hydrogen-bond acceptors (Lipinski definition) is 0. The van der Waals surface area contributed by atoms with Crippen LogP contribution < -0.4 is 0 Å². The molecule has 0 aromatic heterocycles. The summed E-state index contributed by atoms with van der Waals surface area (Å²) in [6.45, 7) is 0. The average Bonchev–Trinajstić information content (AvgIpc) is 2.21. The third kappa shape index (κ3) is 6.03. The van der Waals surface area contributed by atoms with Gasteiger partial charge >= 0.3 is 0 Å². The van der Waals surface area contributed by atoms with E-state index in [1.807, 2.05) is 12.1 Å². The van der Waals surface area contributed by atoms with Crippen molar-refractivity contribution < 1.29 is 26.2 Å². The summed E-state index contributed by atoms with van der Waals surface area (Å²) in [5.74, 6) is 0. The van der Waals surface area contributed by atoms with E-state index in [2.05, 4.69) is 55.0 Å². The van der Waals surface area contributed by atoms with Crippen molar-refractivity contribution in [1.82, 2.24) is 0 Å². The van der Waals surface area contributed by atoms with Gasteiger partial charge in [0.1, 0.15) is 0 Å². The van der Waals surface area contributed by atoms with Gasteiger partial charge in [0.15, 0.2) is 0 Å². The molecule has 0 fully saturated rings. The Bertz CT molecular complexity index is 325. The number of benzene rings is 2. The summed E-state index contributed by atoms with van der Waals surface area (Å²) in [5.41, 5.74) is 2.49. The van der Waals surface area contributed by atoms with Crippen molar-refractivity contribution >= 4 is 34.0 Å². The zero-order chi connectivity index (χ0) is 8.93. The predicted octanol–water partition coefficient (Wildman–Crippen LogP) is 4.44. The van der Waals surface area contributed by atoms with E-state index in [-0.39, 0.29) is 60.2 Å². The second kappa shape index (κ2) is 10.3. The van der Waals surface area contributed by atoms with Crippen LogP contribution in [0.4, 0.5) is 0 Å². The first-order valence-electron chi connectivity index (χ1n) is 4.40.